The second-order valence-electron chi connectivity index (χ2n) is 6.83. The molecule has 6 heteroatoms. The lowest BCUT2D eigenvalue weighted by Gasteiger charge is -2.25. The Balaban J connectivity index is 1.83. The first-order chi connectivity index (χ1) is 15.1. The highest BCUT2D eigenvalue weighted by Crippen LogP contribution is 2.37. The van der Waals surface area contributed by atoms with Gasteiger partial charge in [-0.3, -0.25) is 9.69 Å². The molecule has 3 aromatic carbocycles. The molecule has 0 atom stereocenters. The van der Waals surface area contributed by atoms with Crippen molar-refractivity contribution in [2.24, 2.45) is 0 Å². The average molecular weight is 408 g/mol. The van der Waals surface area contributed by atoms with E-state index in [2.05, 4.69) is 27.1 Å². The minimum Gasteiger partial charge on any atom is -0.508 e. The number of rotatable bonds is 4. The van der Waals surface area contributed by atoms with E-state index in [-0.39, 0.29) is 18.2 Å². The Bertz CT molecular complexity index is 1280. The van der Waals surface area contributed by atoms with Crippen LogP contribution in [0, 0.1) is 11.8 Å². The number of aromatic nitrogens is 2. The van der Waals surface area contributed by atoms with Crippen molar-refractivity contribution in [3.05, 3.63) is 84.7 Å². The predicted octanol–water partition coefficient (Wildman–Crippen LogP) is 4.29. The highest BCUT2D eigenvalue weighted by molar-refractivity contribution is 5.95. The van der Waals surface area contributed by atoms with E-state index < -0.39 is 0 Å². The number of benzene rings is 3. The molecule has 4 aromatic rings. The van der Waals surface area contributed by atoms with E-state index in [4.69, 9.17) is 0 Å². The number of nitrogens with zero attached hydrogens (tertiary/aromatic N) is 3. The van der Waals surface area contributed by atoms with Gasteiger partial charge in [-0.2, -0.15) is 0 Å². The van der Waals surface area contributed by atoms with Crippen molar-refractivity contribution in [1.82, 2.24) is 15.3 Å². The highest BCUT2D eigenvalue weighted by atomic mass is 16.3. The number of carbonyl (C=O) groups excluding carboxylic acids is 1. The van der Waals surface area contributed by atoms with Crippen LogP contribution < -0.4 is 10.2 Å². The number of phenols is 1. The van der Waals surface area contributed by atoms with Gasteiger partial charge in [0.15, 0.2) is 0 Å². The molecule has 0 radical (unpaired) electrons. The fourth-order valence-electron chi connectivity index (χ4n) is 3.19. The van der Waals surface area contributed by atoms with E-state index in [9.17, 15) is 9.90 Å². The summed E-state index contributed by atoms with van der Waals surface area (Å²) in [5.74, 6) is 6.81. The monoisotopic (exact) mass is 408 g/mol. The van der Waals surface area contributed by atoms with Crippen LogP contribution in [0.5, 0.6) is 5.75 Å². The molecule has 0 bridgehead atoms. The van der Waals surface area contributed by atoms with Crippen LogP contribution >= 0.6 is 0 Å². The van der Waals surface area contributed by atoms with Crippen molar-refractivity contribution >= 4 is 34.0 Å². The topological polar surface area (TPSA) is 78.4 Å². The molecule has 0 saturated heterocycles. The highest BCUT2D eigenvalue weighted by Gasteiger charge is 2.17. The molecule has 6 nitrogen and oxygen atoms in total. The maximum Gasteiger partial charge on any atom is 0.217 e. The zero-order chi connectivity index (χ0) is 21.6. The molecule has 0 aliphatic heterocycles. The van der Waals surface area contributed by atoms with Crippen LogP contribution in [-0.4, -0.2) is 27.5 Å². The van der Waals surface area contributed by atoms with Crippen molar-refractivity contribution in [3.8, 4) is 17.6 Å². The summed E-state index contributed by atoms with van der Waals surface area (Å²) in [6.07, 6.45) is 1.54. The van der Waals surface area contributed by atoms with Gasteiger partial charge in [-0.05, 0) is 54.6 Å². The quantitative estimate of drug-likeness (QED) is 0.493. The summed E-state index contributed by atoms with van der Waals surface area (Å²) < 4.78 is 0. The first-order valence-electron chi connectivity index (χ1n) is 9.74. The van der Waals surface area contributed by atoms with Crippen LogP contribution in [0.15, 0.2) is 79.1 Å². The second kappa shape index (κ2) is 8.97. The average Bonchev–Trinajstić information content (AvgIpc) is 2.79. The van der Waals surface area contributed by atoms with Gasteiger partial charge in [0.2, 0.25) is 5.91 Å². The van der Waals surface area contributed by atoms with Crippen LogP contribution in [0.3, 0.4) is 0 Å². The number of carbonyl (C=O) groups is 1. The Kier molecular flexibility index (Phi) is 5.77. The summed E-state index contributed by atoms with van der Waals surface area (Å²) in [6.45, 7) is 1.75. The standard InChI is InChI=1S/C25H20N4O2/c1-18(30)26-15-5-6-19-9-14-24-23(16-19)25(28-17-27-24)29(20-7-3-2-4-8-20)21-10-12-22(31)13-11-21/h2-4,7-14,16-17,31H,15H2,1H3,(H,26,30). The van der Waals surface area contributed by atoms with Crippen LogP contribution in [0.25, 0.3) is 10.9 Å². The van der Waals surface area contributed by atoms with Gasteiger partial charge in [-0.25, -0.2) is 9.97 Å². The van der Waals surface area contributed by atoms with Crippen LogP contribution in [0.1, 0.15) is 12.5 Å². The molecule has 4 rings (SSSR count). The number of hydrogen-bond donors (Lipinski definition) is 2. The first-order valence-corrected chi connectivity index (χ1v) is 9.74. The van der Waals surface area contributed by atoms with Crippen LogP contribution in [0.4, 0.5) is 17.2 Å². The number of hydrogen-bond acceptors (Lipinski definition) is 5. The van der Waals surface area contributed by atoms with E-state index in [0.717, 1.165) is 27.8 Å². The first kappa shape index (κ1) is 19.9. The summed E-state index contributed by atoms with van der Waals surface area (Å²) >= 11 is 0. The number of para-hydroxylation sites is 1. The molecule has 31 heavy (non-hydrogen) atoms. The van der Waals surface area contributed by atoms with Crippen molar-refractivity contribution in [3.63, 3.8) is 0 Å². The lowest BCUT2D eigenvalue weighted by atomic mass is 10.1. The fourth-order valence-corrected chi connectivity index (χ4v) is 3.19. The third-order valence-corrected chi connectivity index (χ3v) is 4.61. The Labute approximate surface area is 180 Å². The van der Waals surface area contributed by atoms with E-state index in [1.165, 1.54) is 13.3 Å². The number of phenolic OH excluding ortho intramolecular Hbond substituents is 1. The molecule has 0 saturated carbocycles. The normalized spacial score (nSPS) is 10.2. The molecular weight excluding hydrogens is 388 g/mol. The molecule has 0 aliphatic rings. The van der Waals surface area contributed by atoms with Gasteiger partial charge < -0.3 is 10.4 Å². The maximum atomic E-state index is 11.0. The van der Waals surface area contributed by atoms with Crippen molar-refractivity contribution in [2.45, 2.75) is 6.92 Å². The van der Waals surface area contributed by atoms with Gasteiger partial charge in [0, 0.05) is 29.2 Å². The zero-order valence-corrected chi connectivity index (χ0v) is 16.9. The zero-order valence-electron chi connectivity index (χ0n) is 16.9. The van der Waals surface area contributed by atoms with Gasteiger partial charge >= 0.3 is 0 Å². The number of amides is 1. The lowest BCUT2D eigenvalue weighted by Crippen LogP contribution is -2.19. The van der Waals surface area contributed by atoms with Crippen molar-refractivity contribution < 1.29 is 9.90 Å². The van der Waals surface area contributed by atoms with Crippen molar-refractivity contribution in [1.29, 1.82) is 0 Å². The summed E-state index contributed by atoms with van der Waals surface area (Å²) in [6, 6.07) is 22.6. The Morgan fingerprint density at radius 3 is 2.48 bits per heavy atom. The molecule has 0 unspecified atom stereocenters. The van der Waals surface area contributed by atoms with Gasteiger partial charge in [0.25, 0.3) is 0 Å². The largest absolute Gasteiger partial charge is 0.508 e. The van der Waals surface area contributed by atoms with E-state index in [0.29, 0.717) is 5.82 Å². The molecule has 1 aromatic heterocycles. The minimum atomic E-state index is -0.115. The second-order valence-corrected chi connectivity index (χ2v) is 6.83. The molecular formula is C25H20N4O2. The van der Waals surface area contributed by atoms with Crippen molar-refractivity contribution in [2.75, 3.05) is 11.4 Å². The van der Waals surface area contributed by atoms with Crippen LogP contribution in [-0.2, 0) is 4.79 Å². The van der Waals surface area contributed by atoms with Gasteiger partial charge in [-0.15, -0.1) is 0 Å². The Morgan fingerprint density at radius 2 is 1.74 bits per heavy atom. The third-order valence-electron chi connectivity index (χ3n) is 4.61. The van der Waals surface area contributed by atoms with Gasteiger partial charge in [0.1, 0.15) is 17.9 Å². The molecule has 152 valence electrons. The Morgan fingerprint density at radius 1 is 1.00 bits per heavy atom. The smallest absolute Gasteiger partial charge is 0.217 e. The molecule has 0 fully saturated rings. The van der Waals surface area contributed by atoms with E-state index in [1.807, 2.05) is 65.6 Å². The lowest BCUT2D eigenvalue weighted by molar-refractivity contribution is -0.118. The molecule has 2 N–H and O–H groups in total. The number of nitrogens with one attached hydrogen (secondary N) is 1. The SMILES string of the molecule is CC(=O)NCC#Cc1ccc2ncnc(N(c3ccccc3)c3ccc(O)cc3)c2c1. The van der Waals surface area contributed by atoms with E-state index >= 15 is 0 Å². The number of aromatic hydroxyl groups is 1. The van der Waals surface area contributed by atoms with Gasteiger partial charge in [-0.1, -0.05) is 30.0 Å². The summed E-state index contributed by atoms with van der Waals surface area (Å²) in [4.78, 5) is 22.0. The Hall–Kier alpha value is -4.37. The molecule has 1 heterocycles. The summed E-state index contributed by atoms with van der Waals surface area (Å²) in [5, 5.41) is 13.2. The molecule has 1 amide bonds. The predicted molar refractivity (Wildman–Crippen MR) is 121 cm³/mol. The summed E-state index contributed by atoms with van der Waals surface area (Å²) in [7, 11) is 0. The van der Waals surface area contributed by atoms with Gasteiger partial charge in [0.05, 0.1) is 12.1 Å². The fraction of sp³-hybridized carbons (Fsp3) is 0.0800. The summed E-state index contributed by atoms with van der Waals surface area (Å²) in [5.41, 5.74) is 3.37. The molecule has 0 aliphatic carbocycles. The van der Waals surface area contributed by atoms with Crippen LogP contribution in [0.2, 0.25) is 0 Å². The maximum absolute atomic E-state index is 11.0. The van der Waals surface area contributed by atoms with E-state index in [1.54, 1.807) is 12.1 Å². The minimum absolute atomic E-state index is 0.115. The number of anilines is 3. The third kappa shape index (κ3) is 4.62. The molecule has 0 spiro atoms. The number of fused-ring (bicyclic) bond motifs is 1.